The fraction of sp³-hybridized carbons (Fsp3) is 0.360. The number of hydrogen-bond acceptors (Lipinski definition) is 7. The highest BCUT2D eigenvalue weighted by atomic mass is 16.5. The van der Waals surface area contributed by atoms with E-state index >= 15 is 0 Å². The van der Waals surface area contributed by atoms with Gasteiger partial charge in [-0.3, -0.25) is 14.4 Å². The summed E-state index contributed by atoms with van der Waals surface area (Å²) in [5.41, 5.74) is 0.686. The van der Waals surface area contributed by atoms with E-state index in [1.165, 1.54) is 24.3 Å². The van der Waals surface area contributed by atoms with Gasteiger partial charge in [0.05, 0.1) is 30.3 Å². The zero-order chi connectivity index (χ0) is 24.2. The number of hydrogen-bond donors (Lipinski definition) is 1. The average Bonchev–Trinajstić information content (AvgIpc) is 3.04. The quantitative estimate of drug-likeness (QED) is 0.373. The Morgan fingerprint density at radius 2 is 1.61 bits per heavy atom. The summed E-state index contributed by atoms with van der Waals surface area (Å²) in [6, 6.07) is 12.0. The molecule has 33 heavy (non-hydrogen) atoms. The Morgan fingerprint density at radius 1 is 1.00 bits per heavy atom. The highest BCUT2D eigenvalue weighted by Gasteiger charge is 2.40. The van der Waals surface area contributed by atoms with Gasteiger partial charge < -0.3 is 14.8 Å². The summed E-state index contributed by atoms with van der Waals surface area (Å²) in [4.78, 5) is 50.8. The van der Waals surface area contributed by atoms with Crippen LogP contribution in [-0.4, -0.2) is 48.4 Å². The van der Waals surface area contributed by atoms with Gasteiger partial charge in [-0.15, -0.1) is 0 Å². The number of ether oxygens (including phenoxy) is 2. The molecule has 0 saturated carbocycles. The van der Waals surface area contributed by atoms with Crippen LogP contribution in [-0.2, 0) is 14.3 Å². The van der Waals surface area contributed by atoms with E-state index in [9.17, 15) is 19.2 Å². The molecule has 2 aromatic rings. The van der Waals surface area contributed by atoms with Crippen LogP contribution in [0.15, 0.2) is 48.5 Å². The Labute approximate surface area is 192 Å². The Bertz CT molecular complexity index is 1040. The standard InChI is InChI=1S/C25H28N2O6/c1-5-32-19-12-8-16(9-13-19)21(28)15-33-24(31)17-6-10-18(11-7-17)27-22(29)14-20(23(27)30)26-25(2,3)4/h6-13,20,26H,5,14-15H2,1-4H3. The zero-order valence-electron chi connectivity index (χ0n) is 19.2. The lowest BCUT2D eigenvalue weighted by molar-refractivity contribution is -0.121. The molecule has 1 unspecified atom stereocenters. The first-order chi connectivity index (χ1) is 15.6. The van der Waals surface area contributed by atoms with E-state index in [4.69, 9.17) is 9.47 Å². The van der Waals surface area contributed by atoms with Crippen LogP contribution in [0.1, 0.15) is 54.8 Å². The van der Waals surface area contributed by atoms with Gasteiger partial charge in [-0.05, 0) is 76.2 Å². The van der Waals surface area contributed by atoms with E-state index in [1.807, 2.05) is 27.7 Å². The van der Waals surface area contributed by atoms with Gasteiger partial charge in [-0.1, -0.05) is 0 Å². The van der Waals surface area contributed by atoms with Crippen molar-refractivity contribution in [3.05, 3.63) is 59.7 Å². The number of imide groups is 1. The topological polar surface area (TPSA) is 102 Å². The number of nitrogens with zero attached hydrogens (tertiary/aromatic N) is 1. The fourth-order valence-electron chi connectivity index (χ4n) is 3.49. The Morgan fingerprint density at radius 3 is 2.18 bits per heavy atom. The number of ketones is 1. The minimum Gasteiger partial charge on any atom is -0.494 e. The second kappa shape index (κ2) is 9.95. The van der Waals surface area contributed by atoms with Gasteiger partial charge in [-0.2, -0.15) is 0 Å². The van der Waals surface area contributed by atoms with Gasteiger partial charge in [0.2, 0.25) is 5.91 Å². The van der Waals surface area contributed by atoms with Crippen molar-refractivity contribution in [2.24, 2.45) is 0 Å². The number of esters is 1. The van der Waals surface area contributed by atoms with Crippen LogP contribution in [0.4, 0.5) is 5.69 Å². The molecule has 174 valence electrons. The maximum absolute atomic E-state index is 12.7. The summed E-state index contributed by atoms with van der Waals surface area (Å²) in [6.45, 7) is 7.76. The minimum atomic E-state index is -0.674. The predicted octanol–water partition coefficient (Wildman–Crippen LogP) is 3.15. The highest BCUT2D eigenvalue weighted by Crippen LogP contribution is 2.24. The first-order valence-electron chi connectivity index (χ1n) is 10.8. The van der Waals surface area contributed by atoms with Crippen LogP contribution in [0, 0.1) is 0 Å². The van der Waals surface area contributed by atoms with E-state index < -0.39 is 18.6 Å². The number of amides is 2. The van der Waals surface area contributed by atoms with Crippen LogP contribution in [0.5, 0.6) is 5.75 Å². The normalized spacial score (nSPS) is 16.1. The van der Waals surface area contributed by atoms with Gasteiger partial charge >= 0.3 is 5.97 Å². The SMILES string of the molecule is CCOc1ccc(C(=O)COC(=O)c2ccc(N3C(=O)CC(NC(C)(C)C)C3=O)cc2)cc1. The number of anilines is 1. The first-order valence-corrected chi connectivity index (χ1v) is 10.8. The molecular formula is C25H28N2O6. The lowest BCUT2D eigenvalue weighted by Gasteiger charge is -2.24. The molecule has 1 heterocycles. The third kappa shape index (κ3) is 6.04. The first kappa shape index (κ1) is 24.1. The van der Waals surface area contributed by atoms with Crippen molar-refractivity contribution >= 4 is 29.3 Å². The molecule has 8 heteroatoms. The Balaban J connectivity index is 1.59. The van der Waals surface area contributed by atoms with Crippen molar-refractivity contribution in [2.45, 2.75) is 45.7 Å². The maximum atomic E-state index is 12.7. The molecule has 0 aromatic heterocycles. The summed E-state index contributed by atoms with van der Waals surface area (Å²) >= 11 is 0. The molecule has 1 aliphatic heterocycles. The number of nitrogens with one attached hydrogen (secondary N) is 1. The molecule has 1 N–H and O–H groups in total. The van der Waals surface area contributed by atoms with E-state index in [2.05, 4.69) is 5.32 Å². The molecule has 0 radical (unpaired) electrons. The van der Waals surface area contributed by atoms with Crippen molar-refractivity contribution in [2.75, 3.05) is 18.1 Å². The molecule has 3 rings (SSSR count). The van der Waals surface area contributed by atoms with Crippen LogP contribution >= 0.6 is 0 Å². The molecule has 1 saturated heterocycles. The molecule has 2 aromatic carbocycles. The van der Waals surface area contributed by atoms with Crippen LogP contribution in [0.3, 0.4) is 0 Å². The molecule has 1 aliphatic rings. The monoisotopic (exact) mass is 452 g/mol. The molecule has 1 fully saturated rings. The van der Waals surface area contributed by atoms with Crippen molar-refractivity contribution in [3.8, 4) is 5.75 Å². The minimum absolute atomic E-state index is 0.0769. The molecule has 0 aliphatic carbocycles. The van der Waals surface area contributed by atoms with Gasteiger partial charge in [-0.25, -0.2) is 9.69 Å². The summed E-state index contributed by atoms with van der Waals surface area (Å²) in [5, 5.41) is 3.15. The van der Waals surface area contributed by atoms with Gasteiger partial charge in [0, 0.05) is 11.1 Å². The Hall–Kier alpha value is -3.52. The molecule has 0 bridgehead atoms. The summed E-state index contributed by atoms with van der Waals surface area (Å²) in [7, 11) is 0. The summed E-state index contributed by atoms with van der Waals surface area (Å²) < 4.78 is 10.5. The number of carbonyl (C=O) groups is 4. The molecule has 1 atom stereocenters. The van der Waals surface area contributed by atoms with E-state index in [0.29, 0.717) is 23.6 Å². The summed E-state index contributed by atoms with van der Waals surface area (Å²) in [5.74, 6) is -0.994. The van der Waals surface area contributed by atoms with Gasteiger partial charge in [0.25, 0.3) is 5.91 Å². The number of benzene rings is 2. The van der Waals surface area contributed by atoms with Crippen molar-refractivity contribution in [1.82, 2.24) is 5.32 Å². The lowest BCUT2D eigenvalue weighted by Crippen LogP contribution is -2.47. The second-order valence-corrected chi connectivity index (χ2v) is 8.72. The van der Waals surface area contributed by atoms with Gasteiger partial charge in [0.1, 0.15) is 5.75 Å². The van der Waals surface area contributed by atoms with Crippen molar-refractivity contribution in [1.29, 1.82) is 0 Å². The largest absolute Gasteiger partial charge is 0.494 e. The van der Waals surface area contributed by atoms with Crippen molar-refractivity contribution in [3.63, 3.8) is 0 Å². The van der Waals surface area contributed by atoms with E-state index in [-0.39, 0.29) is 35.1 Å². The molecule has 2 amide bonds. The van der Waals surface area contributed by atoms with Crippen LogP contribution in [0.2, 0.25) is 0 Å². The molecule has 0 spiro atoms. The Kier molecular flexibility index (Phi) is 7.28. The number of rotatable bonds is 8. The third-order valence-electron chi connectivity index (χ3n) is 4.94. The maximum Gasteiger partial charge on any atom is 0.338 e. The highest BCUT2D eigenvalue weighted by molar-refractivity contribution is 6.22. The lowest BCUT2D eigenvalue weighted by atomic mass is 10.1. The number of carbonyl (C=O) groups excluding carboxylic acids is 4. The van der Waals surface area contributed by atoms with E-state index in [0.717, 1.165) is 4.90 Å². The predicted molar refractivity (Wildman–Crippen MR) is 122 cm³/mol. The number of Topliss-reactive ketones (excluding diaryl/α,β-unsaturated/α-hetero) is 1. The summed E-state index contributed by atoms with van der Waals surface area (Å²) in [6.07, 6.45) is 0.0769. The van der Waals surface area contributed by atoms with Crippen molar-refractivity contribution < 1.29 is 28.7 Å². The van der Waals surface area contributed by atoms with Gasteiger partial charge in [0.15, 0.2) is 12.4 Å². The van der Waals surface area contributed by atoms with E-state index in [1.54, 1.807) is 24.3 Å². The van der Waals surface area contributed by atoms with Crippen LogP contribution in [0.25, 0.3) is 0 Å². The zero-order valence-corrected chi connectivity index (χ0v) is 19.2. The smallest absolute Gasteiger partial charge is 0.338 e. The average molecular weight is 453 g/mol. The second-order valence-electron chi connectivity index (χ2n) is 8.72. The van der Waals surface area contributed by atoms with Crippen LogP contribution < -0.4 is 15.0 Å². The fourth-order valence-corrected chi connectivity index (χ4v) is 3.49. The molecule has 8 nitrogen and oxygen atoms in total. The third-order valence-corrected chi connectivity index (χ3v) is 4.94. The molecular weight excluding hydrogens is 424 g/mol.